The van der Waals surface area contributed by atoms with E-state index in [1.165, 1.54) is 11.8 Å². The first-order valence-electron chi connectivity index (χ1n) is 10.4. The predicted molar refractivity (Wildman–Crippen MR) is 132 cm³/mol. The van der Waals surface area contributed by atoms with Crippen molar-refractivity contribution in [2.45, 2.75) is 11.7 Å². The molecular weight excluding hydrogens is 472 g/mol. The molecule has 7 nitrogen and oxygen atoms in total. The van der Waals surface area contributed by atoms with Crippen molar-refractivity contribution in [3.63, 3.8) is 0 Å². The summed E-state index contributed by atoms with van der Waals surface area (Å²) < 4.78 is 7.00. The van der Waals surface area contributed by atoms with Gasteiger partial charge in [0.05, 0.1) is 24.4 Å². The number of thioether (sulfide) groups is 1. The van der Waals surface area contributed by atoms with E-state index in [9.17, 15) is 9.59 Å². The third kappa shape index (κ3) is 5.65. The average molecular weight is 493 g/mol. The Morgan fingerprint density at radius 1 is 0.971 bits per heavy atom. The number of hydrogen-bond acceptors (Lipinski definition) is 6. The highest BCUT2D eigenvalue weighted by Gasteiger charge is 2.19. The Labute approximate surface area is 206 Å². The smallest absolute Gasteiger partial charge is 0.257 e. The van der Waals surface area contributed by atoms with Crippen molar-refractivity contribution in [2.75, 3.05) is 12.9 Å². The highest BCUT2D eigenvalue weighted by molar-refractivity contribution is 7.99. The predicted octanol–water partition coefficient (Wildman–Crippen LogP) is 4.70. The van der Waals surface area contributed by atoms with Gasteiger partial charge in [0.2, 0.25) is 5.91 Å². The van der Waals surface area contributed by atoms with Crippen molar-refractivity contribution in [1.82, 2.24) is 20.1 Å². The van der Waals surface area contributed by atoms with Crippen molar-refractivity contribution in [3.05, 3.63) is 95.0 Å². The standard InChI is InChI=1S/C25H21ClN4O3S/c1-33-19-13-11-18(12-14-19)24(32)27-22(31)16-34-25-29-28-23(20-9-5-6-10-21(20)26)30(25)15-17-7-3-2-4-8-17/h2-14H,15-16H2,1H3,(H,27,31,32). The summed E-state index contributed by atoms with van der Waals surface area (Å²) in [5.74, 6) is 0.324. The Morgan fingerprint density at radius 2 is 1.68 bits per heavy atom. The number of aromatic nitrogens is 3. The minimum absolute atomic E-state index is 0.00264. The molecule has 0 saturated heterocycles. The molecule has 4 aromatic rings. The lowest BCUT2D eigenvalue weighted by molar-refractivity contribution is -0.117. The summed E-state index contributed by atoms with van der Waals surface area (Å²) >= 11 is 7.61. The largest absolute Gasteiger partial charge is 0.497 e. The first-order chi connectivity index (χ1) is 16.5. The van der Waals surface area contributed by atoms with Gasteiger partial charge in [-0.05, 0) is 42.0 Å². The van der Waals surface area contributed by atoms with E-state index < -0.39 is 11.8 Å². The van der Waals surface area contributed by atoms with Crippen LogP contribution < -0.4 is 10.1 Å². The number of methoxy groups -OCH3 is 1. The van der Waals surface area contributed by atoms with Gasteiger partial charge >= 0.3 is 0 Å². The van der Waals surface area contributed by atoms with Crippen LogP contribution in [0.3, 0.4) is 0 Å². The molecule has 4 rings (SSSR count). The van der Waals surface area contributed by atoms with Crippen LogP contribution in [0.15, 0.2) is 84.0 Å². The van der Waals surface area contributed by atoms with Gasteiger partial charge in [0.15, 0.2) is 11.0 Å². The fourth-order valence-electron chi connectivity index (χ4n) is 3.25. The monoisotopic (exact) mass is 492 g/mol. The number of carbonyl (C=O) groups is 2. The van der Waals surface area contributed by atoms with Crippen LogP contribution in [-0.4, -0.2) is 39.4 Å². The van der Waals surface area contributed by atoms with Crippen molar-refractivity contribution >= 4 is 35.2 Å². The second-order valence-corrected chi connectivity index (χ2v) is 8.60. The van der Waals surface area contributed by atoms with Crippen molar-refractivity contribution in [2.24, 2.45) is 0 Å². The number of rotatable bonds is 8. The van der Waals surface area contributed by atoms with Crippen LogP contribution in [0.4, 0.5) is 0 Å². The molecule has 1 N–H and O–H groups in total. The SMILES string of the molecule is COc1ccc(C(=O)NC(=O)CSc2nnc(-c3ccccc3Cl)n2Cc2ccccc2)cc1. The number of carbonyl (C=O) groups excluding carboxylic acids is 2. The maximum atomic E-state index is 12.5. The van der Waals surface area contributed by atoms with Gasteiger partial charge in [-0.15, -0.1) is 10.2 Å². The number of imide groups is 1. The fourth-order valence-corrected chi connectivity index (χ4v) is 4.21. The van der Waals surface area contributed by atoms with Crippen molar-refractivity contribution < 1.29 is 14.3 Å². The van der Waals surface area contributed by atoms with Gasteiger partial charge in [0.1, 0.15) is 5.75 Å². The first-order valence-corrected chi connectivity index (χ1v) is 11.7. The zero-order chi connectivity index (χ0) is 23.9. The van der Waals surface area contributed by atoms with Gasteiger partial charge in [-0.3, -0.25) is 19.5 Å². The van der Waals surface area contributed by atoms with E-state index in [-0.39, 0.29) is 5.75 Å². The molecule has 0 aliphatic heterocycles. The maximum Gasteiger partial charge on any atom is 0.257 e. The second-order valence-electron chi connectivity index (χ2n) is 7.25. The number of amides is 2. The third-order valence-electron chi connectivity index (χ3n) is 4.95. The quantitative estimate of drug-likeness (QED) is 0.359. The van der Waals surface area contributed by atoms with Crippen molar-refractivity contribution in [1.29, 1.82) is 0 Å². The first kappa shape index (κ1) is 23.5. The molecule has 0 fully saturated rings. The molecule has 9 heteroatoms. The Bertz CT molecular complexity index is 1290. The number of hydrogen-bond donors (Lipinski definition) is 1. The lowest BCUT2D eigenvalue weighted by Gasteiger charge is -2.11. The lowest BCUT2D eigenvalue weighted by Crippen LogP contribution is -2.31. The number of nitrogens with one attached hydrogen (secondary N) is 1. The molecule has 0 atom stereocenters. The second kappa shape index (κ2) is 11.0. The van der Waals surface area contributed by atoms with Crippen LogP contribution in [0.5, 0.6) is 5.75 Å². The minimum atomic E-state index is -0.476. The van der Waals surface area contributed by atoms with Gasteiger partial charge in [-0.25, -0.2) is 0 Å². The Morgan fingerprint density at radius 3 is 2.38 bits per heavy atom. The topological polar surface area (TPSA) is 86.1 Å². The molecule has 0 aliphatic carbocycles. The molecular formula is C25H21ClN4O3S. The molecule has 0 unspecified atom stereocenters. The summed E-state index contributed by atoms with van der Waals surface area (Å²) in [5, 5.41) is 12.1. The fraction of sp³-hybridized carbons (Fsp3) is 0.120. The molecule has 0 aliphatic rings. The molecule has 0 radical (unpaired) electrons. The van der Waals surface area contributed by atoms with E-state index in [1.54, 1.807) is 37.4 Å². The molecule has 34 heavy (non-hydrogen) atoms. The zero-order valence-electron chi connectivity index (χ0n) is 18.3. The van der Waals surface area contributed by atoms with Crippen LogP contribution in [0.2, 0.25) is 5.02 Å². The number of halogens is 1. The molecule has 0 saturated carbocycles. The van der Waals surface area contributed by atoms with Gasteiger partial charge in [0, 0.05) is 11.1 Å². The van der Waals surface area contributed by atoms with Crippen LogP contribution in [0.1, 0.15) is 15.9 Å². The molecule has 2 amide bonds. The van der Waals surface area contributed by atoms with E-state index >= 15 is 0 Å². The summed E-state index contributed by atoms with van der Waals surface area (Å²) in [4.78, 5) is 24.8. The Balaban J connectivity index is 1.50. The van der Waals surface area contributed by atoms with Crippen molar-refractivity contribution in [3.8, 4) is 17.1 Å². The van der Waals surface area contributed by atoms with Crippen LogP contribution in [0.25, 0.3) is 11.4 Å². The molecule has 172 valence electrons. The van der Waals surface area contributed by atoms with Gasteiger partial charge in [0.25, 0.3) is 5.91 Å². The van der Waals surface area contributed by atoms with Gasteiger partial charge in [-0.1, -0.05) is 65.8 Å². The Hall–Kier alpha value is -3.62. The minimum Gasteiger partial charge on any atom is -0.497 e. The lowest BCUT2D eigenvalue weighted by atomic mass is 10.2. The molecule has 1 aromatic heterocycles. The average Bonchev–Trinajstić information content (AvgIpc) is 3.25. The van der Waals surface area contributed by atoms with E-state index in [4.69, 9.17) is 16.3 Å². The van der Waals surface area contributed by atoms with E-state index in [0.717, 1.165) is 11.1 Å². The summed E-state index contributed by atoms with van der Waals surface area (Å²) in [6, 6.07) is 23.8. The van der Waals surface area contributed by atoms with Crippen LogP contribution in [-0.2, 0) is 11.3 Å². The summed E-state index contributed by atoms with van der Waals surface area (Å²) in [6.07, 6.45) is 0. The Kier molecular flexibility index (Phi) is 7.61. The van der Waals surface area contributed by atoms with E-state index in [0.29, 0.717) is 33.9 Å². The molecule has 0 spiro atoms. The van der Waals surface area contributed by atoms with Gasteiger partial charge in [-0.2, -0.15) is 0 Å². The highest BCUT2D eigenvalue weighted by atomic mass is 35.5. The number of ether oxygens (including phenoxy) is 1. The van der Waals surface area contributed by atoms with E-state index in [1.807, 2.05) is 53.1 Å². The van der Waals surface area contributed by atoms with Gasteiger partial charge < -0.3 is 4.74 Å². The summed E-state index contributed by atoms with van der Waals surface area (Å²) in [5.41, 5.74) is 2.17. The third-order valence-corrected chi connectivity index (χ3v) is 6.25. The summed E-state index contributed by atoms with van der Waals surface area (Å²) in [6.45, 7) is 0.503. The number of nitrogens with zero attached hydrogens (tertiary/aromatic N) is 3. The van der Waals surface area contributed by atoms with E-state index in [2.05, 4.69) is 15.5 Å². The van der Waals surface area contributed by atoms with Crippen LogP contribution >= 0.6 is 23.4 Å². The molecule has 1 heterocycles. The summed E-state index contributed by atoms with van der Waals surface area (Å²) in [7, 11) is 1.55. The number of benzene rings is 3. The normalized spacial score (nSPS) is 10.6. The van der Waals surface area contributed by atoms with Crippen LogP contribution in [0, 0.1) is 0 Å². The highest BCUT2D eigenvalue weighted by Crippen LogP contribution is 2.30. The maximum absolute atomic E-state index is 12.5. The zero-order valence-corrected chi connectivity index (χ0v) is 19.8. The molecule has 3 aromatic carbocycles. The molecule has 0 bridgehead atoms.